The van der Waals surface area contributed by atoms with Crippen LogP contribution in [0, 0.1) is 5.92 Å². The van der Waals surface area contributed by atoms with Crippen LogP contribution in [0.2, 0.25) is 0 Å². The van der Waals surface area contributed by atoms with Crippen molar-refractivity contribution in [2.24, 2.45) is 5.92 Å². The lowest BCUT2D eigenvalue weighted by Gasteiger charge is -2.16. The zero-order chi connectivity index (χ0) is 12.1. The van der Waals surface area contributed by atoms with Crippen LogP contribution < -0.4 is 0 Å². The highest BCUT2D eigenvalue weighted by molar-refractivity contribution is 7.80. The normalized spacial score (nSPS) is 15.1. The van der Waals surface area contributed by atoms with E-state index in [0.717, 1.165) is 12.0 Å². The van der Waals surface area contributed by atoms with Crippen LogP contribution in [0.5, 0.6) is 0 Å². The molecule has 0 aliphatic heterocycles. The Hall–Kier alpha value is -0.510. The molecule has 0 bridgehead atoms. The average Bonchev–Trinajstić information content (AvgIpc) is 2.27. The van der Waals surface area contributed by atoms with Crippen LogP contribution in [0.4, 0.5) is 0 Å². The minimum Gasteiger partial charge on any atom is -0.389 e. The van der Waals surface area contributed by atoms with Gasteiger partial charge in [0.05, 0.1) is 6.10 Å². The molecule has 2 nitrogen and oxygen atoms in total. The van der Waals surface area contributed by atoms with Crippen molar-refractivity contribution >= 4 is 12.6 Å². The van der Waals surface area contributed by atoms with E-state index < -0.39 is 12.2 Å². The first-order chi connectivity index (χ1) is 7.54. The van der Waals surface area contributed by atoms with E-state index in [4.69, 9.17) is 0 Å². The smallest absolute Gasteiger partial charge is 0.106 e. The predicted molar refractivity (Wildman–Crippen MR) is 69.8 cm³/mol. The number of thiol groups is 1. The molecule has 0 aliphatic carbocycles. The SMILES string of the molecule is CC(C)Cc1ccc(C(O)C(O)CS)cc1. The number of aliphatic hydroxyl groups excluding tert-OH is 2. The number of hydrogen-bond donors (Lipinski definition) is 3. The molecule has 0 aliphatic rings. The largest absolute Gasteiger partial charge is 0.389 e. The molecular weight excluding hydrogens is 220 g/mol. The molecule has 1 rings (SSSR count). The first-order valence-electron chi connectivity index (χ1n) is 5.60. The van der Waals surface area contributed by atoms with Crippen molar-refractivity contribution in [2.45, 2.75) is 32.5 Å². The van der Waals surface area contributed by atoms with Crippen molar-refractivity contribution in [3.63, 3.8) is 0 Å². The molecule has 1 aromatic rings. The molecular formula is C13H20O2S. The summed E-state index contributed by atoms with van der Waals surface area (Å²) in [5.74, 6) is 0.883. The second kappa shape index (κ2) is 6.28. The van der Waals surface area contributed by atoms with Crippen LogP contribution >= 0.6 is 12.6 Å². The number of hydrogen-bond acceptors (Lipinski definition) is 3. The van der Waals surface area contributed by atoms with Crippen LogP contribution in [0.15, 0.2) is 24.3 Å². The minimum atomic E-state index is -0.842. The van der Waals surface area contributed by atoms with Gasteiger partial charge in [0, 0.05) is 5.75 Å². The molecule has 0 saturated carbocycles. The Labute approximate surface area is 103 Å². The van der Waals surface area contributed by atoms with Crippen molar-refractivity contribution < 1.29 is 10.2 Å². The quantitative estimate of drug-likeness (QED) is 0.691. The zero-order valence-corrected chi connectivity index (χ0v) is 10.7. The molecule has 0 heterocycles. The predicted octanol–water partition coefficient (Wildman–Crippen LogP) is 2.21. The van der Waals surface area contributed by atoms with Gasteiger partial charge < -0.3 is 10.2 Å². The number of rotatable bonds is 5. The molecule has 2 N–H and O–H groups in total. The van der Waals surface area contributed by atoms with Gasteiger partial charge in [0.15, 0.2) is 0 Å². The second-order valence-electron chi connectivity index (χ2n) is 4.53. The molecule has 2 atom stereocenters. The van der Waals surface area contributed by atoms with E-state index in [0.29, 0.717) is 5.92 Å². The maximum Gasteiger partial charge on any atom is 0.106 e. The van der Waals surface area contributed by atoms with Crippen LogP contribution in [-0.4, -0.2) is 22.1 Å². The lowest BCUT2D eigenvalue weighted by Crippen LogP contribution is -2.19. The lowest BCUT2D eigenvalue weighted by molar-refractivity contribution is 0.0337. The van der Waals surface area contributed by atoms with Crippen LogP contribution in [0.3, 0.4) is 0 Å². The zero-order valence-electron chi connectivity index (χ0n) is 9.80. The molecule has 90 valence electrons. The highest BCUT2D eigenvalue weighted by Gasteiger charge is 2.16. The molecule has 0 saturated heterocycles. The molecule has 0 radical (unpaired) electrons. The Kier molecular flexibility index (Phi) is 5.32. The van der Waals surface area contributed by atoms with Gasteiger partial charge in [-0.15, -0.1) is 0 Å². The Bertz CT molecular complexity index is 308. The van der Waals surface area contributed by atoms with Gasteiger partial charge in [-0.2, -0.15) is 12.6 Å². The van der Waals surface area contributed by atoms with Crippen molar-refractivity contribution in [3.8, 4) is 0 Å². The Morgan fingerprint density at radius 3 is 2.12 bits per heavy atom. The molecule has 3 heteroatoms. The summed E-state index contributed by atoms with van der Waals surface area (Å²) in [6, 6.07) is 7.75. The van der Waals surface area contributed by atoms with E-state index in [1.165, 1.54) is 5.56 Å². The van der Waals surface area contributed by atoms with Gasteiger partial charge in [-0.05, 0) is 23.5 Å². The van der Waals surface area contributed by atoms with Gasteiger partial charge in [0.2, 0.25) is 0 Å². The van der Waals surface area contributed by atoms with Gasteiger partial charge in [-0.3, -0.25) is 0 Å². The highest BCUT2D eigenvalue weighted by Crippen LogP contribution is 2.19. The summed E-state index contributed by atoms with van der Waals surface area (Å²) in [6.45, 7) is 4.35. The summed E-state index contributed by atoms with van der Waals surface area (Å²) in [5.41, 5.74) is 2.00. The van der Waals surface area contributed by atoms with Crippen molar-refractivity contribution in [1.82, 2.24) is 0 Å². The molecule has 2 unspecified atom stereocenters. The third kappa shape index (κ3) is 3.81. The Balaban J connectivity index is 2.70. The summed E-state index contributed by atoms with van der Waals surface area (Å²) in [6.07, 6.45) is -0.615. The molecule has 1 aromatic carbocycles. The summed E-state index contributed by atoms with van der Waals surface area (Å²) in [7, 11) is 0. The maximum atomic E-state index is 9.76. The third-order valence-electron chi connectivity index (χ3n) is 2.52. The highest BCUT2D eigenvalue weighted by atomic mass is 32.1. The van der Waals surface area contributed by atoms with Crippen LogP contribution in [0.25, 0.3) is 0 Å². The standard InChI is InChI=1S/C13H20O2S/c1-9(2)7-10-3-5-11(6-4-10)13(15)12(14)8-16/h3-6,9,12-16H,7-8H2,1-2H3. The Morgan fingerprint density at radius 1 is 1.12 bits per heavy atom. The monoisotopic (exact) mass is 240 g/mol. The van der Waals surface area contributed by atoms with E-state index in [2.05, 4.69) is 26.5 Å². The summed E-state index contributed by atoms with van der Waals surface area (Å²) >= 11 is 3.96. The number of benzene rings is 1. The van der Waals surface area contributed by atoms with Crippen LogP contribution in [0.1, 0.15) is 31.1 Å². The van der Waals surface area contributed by atoms with E-state index in [9.17, 15) is 10.2 Å². The van der Waals surface area contributed by atoms with Crippen LogP contribution in [-0.2, 0) is 6.42 Å². The van der Waals surface area contributed by atoms with E-state index in [-0.39, 0.29) is 5.75 Å². The first-order valence-corrected chi connectivity index (χ1v) is 6.23. The maximum absolute atomic E-state index is 9.76. The first kappa shape index (κ1) is 13.6. The molecule has 0 aromatic heterocycles. The fourth-order valence-electron chi connectivity index (χ4n) is 1.64. The summed E-state index contributed by atoms with van der Waals surface area (Å²) in [4.78, 5) is 0. The van der Waals surface area contributed by atoms with Gasteiger partial charge in [-0.25, -0.2) is 0 Å². The summed E-state index contributed by atoms with van der Waals surface area (Å²) < 4.78 is 0. The third-order valence-corrected chi connectivity index (χ3v) is 2.89. The lowest BCUT2D eigenvalue weighted by atomic mass is 9.99. The Morgan fingerprint density at radius 2 is 1.69 bits per heavy atom. The van der Waals surface area contributed by atoms with E-state index in [1.807, 2.05) is 24.3 Å². The van der Waals surface area contributed by atoms with Gasteiger partial charge >= 0.3 is 0 Å². The minimum absolute atomic E-state index is 0.259. The second-order valence-corrected chi connectivity index (χ2v) is 4.90. The van der Waals surface area contributed by atoms with Gasteiger partial charge in [-0.1, -0.05) is 38.1 Å². The van der Waals surface area contributed by atoms with Crippen molar-refractivity contribution in [1.29, 1.82) is 0 Å². The van der Waals surface area contributed by atoms with Gasteiger partial charge in [0.25, 0.3) is 0 Å². The van der Waals surface area contributed by atoms with Crippen molar-refractivity contribution in [2.75, 3.05) is 5.75 Å². The average molecular weight is 240 g/mol. The fraction of sp³-hybridized carbons (Fsp3) is 0.538. The molecule has 0 spiro atoms. The van der Waals surface area contributed by atoms with E-state index in [1.54, 1.807) is 0 Å². The topological polar surface area (TPSA) is 40.5 Å². The molecule has 16 heavy (non-hydrogen) atoms. The van der Waals surface area contributed by atoms with Crippen molar-refractivity contribution in [3.05, 3.63) is 35.4 Å². The van der Waals surface area contributed by atoms with Gasteiger partial charge in [0.1, 0.15) is 6.10 Å². The number of aliphatic hydroxyl groups is 2. The molecule has 0 amide bonds. The van der Waals surface area contributed by atoms with E-state index >= 15 is 0 Å². The fourth-order valence-corrected chi connectivity index (χ4v) is 1.84. The molecule has 0 fully saturated rings. The summed E-state index contributed by atoms with van der Waals surface area (Å²) in [5, 5.41) is 19.2.